The zero-order chi connectivity index (χ0) is 34.0. The van der Waals surface area contributed by atoms with E-state index in [0.29, 0.717) is 48.1 Å². The zero-order valence-corrected chi connectivity index (χ0v) is 27.6. The summed E-state index contributed by atoms with van der Waals surface area (Å²) in [6, 6.07) is 10.2. The molecular weight excluding hydrogens is 617 g/mol. The molecule has 7 rings (SSSR count). The summed E-state index contributed by atoms with van der Waals surface area (Å²) in [4.78, 5) is 46.0. The van der Waals surface area contributed by atoms with Gasteiger partial charge in [-0.2, -0.15) is 9.97 Å². The van der Waals surface area contributed by atoms with Gasteiger partial charge < -0.3 is 30.1 Å². The fourth-order valence-corrected chi connectivity index (χ4v) is 7.45. The van der Waals surface area contributed by atoms with Crippen molar-refractivity contribution < 1.29 is 28.6 Å². The molecule has 3 N–H and O–H groups in total. The maximum absolute atomic E-state index is 16.8. The number of nitrogens with zero attached hydrogens (tertiary/aromatic N) is 6. The second kappa shape index (κ2) is 11.7. The van der Waals surface area contributed by atoms with Crippen LogP contribution in [0.25, 0.3) is 32.9 Å². The largest absolute Gasteiger partial charge is 0.508 e. The number of carbonyl (C=O) groups excluding carboxylic acids is 2. The number of benzene rings is 2. The standard InChI is InChI=1S/C35H40FN7O5/c1-34(2,3)48-33(46)43-21-11-12-35(43,31(37)45)19-42(17-21)30-26-16-38-28(25-15-23(44)14-20-8-5-6-10-24(20)25)27(36)29(26)39-32(40-30)47-18-22-9-7-13-41(22)4/h5-6,8,10,14-16,21-22,44H,7,9,11-13,17-19H2,1-4H3,(H2,37,45)/t21?,22-,35?/m0/s1. The van der Waals surface area contributed by atoms with Crippen LogP contribution in [0.1, 0.15) is 46.5 Å². The van der Waals surface area contributed by atoms with Gasteiger partial charge in [0.2, 0.25) is 5.91 Å². The van der Waals surface area contributed by atoms with Gasteiger partial charge in [0.15, 0.2) is 5.82 Å². The molecule has 12 nitrogen and oxygen atoms in total. The van der Waals surface area contributed by atoms with Crippen LogP contribution in [0.3, 0.4) is 0 Å². The number of fused-ring (bicyclic) bond motifs is 4. The van der Waals surface area contributed by atoms with Crippen LogP contribution in [0.4, 0.5) is 15.0 Å². The molecule has 2 bridgehead atoms. The number of anilines is 1. The SMILES string of the molecule is CN1CCC[C@H]1COc1nc(N2CC3CCC(C(N)=O)(C2)N3C(=O)OC(C)(C)C)c2cnc(-c3cc(O)cc4ccccc34)c(F)c2n1. The number of hydrogen-bond acceptors (Lipinski definition) is 10. The maximum atomic E-state index is 16.8. The van der Waals surface area contributed by atoms with E-state index in [2.05, 4.69) is 14.9 Å². The molecule has 13 heteroatoms. The Morgan fingerprint density at radius 3 is 2.67 bits per heavy atom. The van der Waals surface area contributed by atoms with Gasteiger partial charge in [-0.25, -0.2) is 9.18 Å². The Hall–Kier alpha value is -4.78. The summed E-state index contributed by atoms with van der Waals surface area (Å²) in [6.45, 7) is 6.91. The Kier molecular flexibility index (Phi) is 7.77. The van der Waals surface area contributed by atoms with Crippen molar-refractivity contribution in [2.24, 2.45) is 5.73 Å². The van der Waals surface area contributed by atoms with Crippen LogP contribution in [0.5, 0.6) is 11.8 Å². The van der Waals surface area contributed by atoms with Gasteiger partial charge in [-0.1, -0.05) is 24.3 Å². The summed E-state index contributed by atoms with van der Waals surface area (Å²) >= 11 is 0. The number of phenols is 1. The minimum atomic E-state index is -1.36. The lowest BCUT2D eigenvalue weighted by Gasteiger charge is -2.47. The Morgan fingerprint density at radius 2 is 1.94 bits per heavy atom. The molecule has 0 aliphatic carbocycles. The van der Waals surface area contributed by atoms with Crippen molar-refractivity contribution >= 4 is 39.5 Å². The predicted octanol–water partition coefficient (Wildman–Crippen LogP) is 4.61. The first kappa shape index (κ1) is 31.8. The highest BCUT2D eigenvalue weighted by molar-refractivity contribution is 6.00. The molecule has 3 aliphatic heterocycles. The van der Waals surface area contributed by atoms with Gasteiger partial charge in [-0.15, -0.1) is 0 Å². The summed E-state index contributed by atoms with van der Waals surface area (Å²) in [7, 11) is 2.04. The molecule has 252 valence electrons. The number of amides is 2. The zero-order valence-electron chi connectivity index (χ0n) is 27.6. The summed E-state index contributed by atoms with van der Waals surface area (Å²) in [5.41, 5.74) is 4.33. The van der Waals surface area contributed by atoms with Crippen LogP contribution in [-0.4, -0.2) is 98.4 Å². The number of likely N-dealkylation sites (tertiary alicyclic amines) is 1. The first-order valence-electron chi connectivity index (χ1n) is 16.3. The number of piperazine rings is 1. The lowest BCUT2D eigenvalue weighted by molar-refractivity contribution is -0.129. The number of aromatic nitrogens is 3. The fraction of sp³-hybridized carbons (Fsp3) is 0.457. The number of likely N-dealkylation sites (N-methyl/N-ethyl adjacent to an activating group) is 1. The second-order valence-corrected chi connectivity index (χ2v) is 14.1. The first-order valence-corrected chi connectivity index (χ1v) is 16.3. The van der Waals surface area contributed by atoms with Crippen LogP contribution >= 0.6 is 0 Å². The molecule has 0 spiro atoms. The van der Waals surface area contributed by atoms with Gasteiger partial charge in [-0.3, -0.25) is 14.7 Å². The smallest absolute Gasteiger partial charge is 0.411 e. The summed E-state index contributed by atoms with van der Waals surface area (Å²) in [5, 5.41) is 12.3. The topological polar surface area (TPSA) is 147 Å². The number of pyridine rings is 1. The average Bonchev–Trinajstić information content (AvgIpc) is 3.56. The number of halogens is 1. The highest BCUT2D eigenvalue weighted by atomic mass is 19.1. The normalized spacial score (nSPS) is 22.9. The van der Waals surface area contributed by atoms with Crippen molar-refractivity contribution in [2.75, 3.05) is 38.2 Å². The van der Waals surface area contributed by atoms with Crippen molar-refractivity contribution in [1.29, 1.82) is 0 Å². The first-order chi connectivity index (χ1) is 22.8. The van der Waals surface area contributed by atoms with Crippen molar-refractivity contribution in [3.63, 3.8) is 0 Å². The lowest BCUT2D eigenvalue weighted by atomic mass is 9.94. The monoisotopic (exact) mass is 657 g/mol. The molecule has 5 heterocycles. The van der Waals surface area contributed by atoms with Crippen LogP contribution in [0.2, 0.25) is 0 Å². The second-order valence-electron chi connectivity index (χ2n) is 14.1. The quantitative estimate of drug-likeness (QED) is 0.301. The Balaban J connectivity index is 1.34. The van der Waals surface area contributed by atoms with E-state index in [1.165, 1.54) is 17.2 Å². The Labute approximate surface area is 277 Å². The number of aromatic hydroxyl groups is 1. The lowest BCUT2D eigenvalue weighted by Crippen LogP contribution is -2.69. The van der Waals surface area contributed by atoms with Gasteiger partial charge in [-0.05, 0) is 83.0 Å². The number of primary amides is 1. The minimum absolute atomic E-state index is 0.00957. The summed E-state index contributed by atoms with van der Waals surface area (Å²) in [6.07, 6.45) is 3.80. The molecule has 48 heavy (non-hydrogen) atoms. The van der Waals surface area contributed by atoms with E-state index in [1.807, 2.05) is 36.2 Å². The number of carbonyl (C=O) groups is 2. The van der Waals surface area contributed by atoms with Gasteiger partial charge in [0.1, 0.15) is 40.5 Å². The third kappa shape index (κ3) is 5.49. The third-order valence-electron chi connectivity index (χ3n) is 9.77. The number of ether oxygens (including phenoxy) is 2. The van der Waals surface area contributed by atoms with E-state index in [9.17, 15) is 14.7 Å². The molecular formula is C35H40FN7O5. The molecule has 3 atom stereocenters. The van der Waals surface area contributed by atoms with E-state index in [1.54, 1.807) is 26.8 Å². The minimum Gasteiger partial charge on any atom is -0.508 e. The molecule has 0 radical (unpaired) electrons. The van der Waals surface area contributed by atoms with E-state index in [4.69, 9.17) is 20.2 Å². The van der Waals surface area contributed by atoms with E-state index in [-0.39, 0.29) is 35.6 Å². The third-order valence-corrected chi connectivity index (χ3v) is 9.77. The molecule has 4 aromatic rings. The van der Waals surface area contributed by atoms with Crippen LogP contribution < -0.4 is 15.4 Å². The number of phenolic OH excluding ortho intramolecular Hbond substituents is 1. The summed E-state index contributed by atoms with van der Waals surface area (Å²) in [5.74, 6) is -1.04. The number of nitrogens with two attached hydrogens (primary N) is 1. The van der Waals surface area contributed by atoms with Crippen LogP contribution in [-0.2, 0) is 9.53 Å². The number of rotatable bonds is 6. The molecule has 2 unspecified atom stereocenters. The van der Waals surface area contributed by atoms with Crippen LogP contribution in [0.15, 0.2) is 42.6 Å². The molecule has 2 amide bonds. The van der Waals surface area contributed by atoms with Gasteiger partial charge in [0.05, 0.1) is 18.0 Å². The molecule has 3 fully saturated rings. The molecule has 3 aliphatic rings. The van der Waals surface area contributed by atoms with Crippen LogP contribution in [0, 0.1) is 5.82 Å². The predicted molar refractivity (Wildman–Crippen MR) is 178 cm³/mol. The summed E-state index contributed by atoms with van der Waals surface area (Å²) < 4.78 is 28.6. The van der Waals surface area contributed by atoms with Crippen molar-refractivity contribution in [3.8, 4) is 23.0 Å². The van der Waals surface area contributed by atoms with Crippen molar-refractivity contribution in [1.82, 2.24) is 24.8 Å². The Morgan fingerprint density at radius 1 is 1.15 bits per heavy atom. The molecule has 2 aromatic heterocycles. The average molecular weight is 658 g/mol. The van der Waals surface area contributed by atoms with E-state index < -0.39 is 35.0 Å². The van der Waals surface area contributed by atoms with Gasteiger partial charge in [0, 0.05) is 24.3 Å². The maximum Gasteiger partial charge on any atom is 0.411 e. The van der Waals surface area contributed by atoms with Crippen molar-refractivity contribution in [2.45, 2.75) is 69.7 Å². The van der Waals surface area contributed by atoms with E-state index in [0.717, 1.165) is 24.8 Å². The molecule has 0 saturated carbocycles. The van der Waals surface area contributed by atoms with Gasteiger partial charge in [0.25, 0.3) is 0 Å². The highest BCUT2D eigenvalue weighted by Crippen LogP contribution is 2.43. The molecule has 3 saturated heterocycles. The highest BCUT2D eigenvalue weighted by Gasteiger charge is 2.58. The van der Waals surface area contributed by atoms with Gasteiger partial charge >= 0.3 is 12.1 Å². The Bertz CT molecular complexity index is 1930. The van der Waals surface area contributed by atoms with E-state index >= 15 is 4.39 Å². The van der Waals surface area contributed by atoms with Crippen molar-refractivity contribution in [3.05, 3.63) is 48.4 Å². The fourth-order valence-electron chi connectivity index (χ4n) is 7.45. The number of hydrogen-bond donors (Lipinski definition) is 2. The molecule has 2 aromatic carbocycles.